The monoisotopic (exact) mass is 411 g/mol. The van der Waals surface area contributed by atoms with E-state index >= 15 is 0 Å². The summed E-state index contributed by atoms with van der Waals surface area (Å²) in [6.45, 7) is 6.21. The second kappa shape index (κ2) is 9.84. The van der Waals surface area contributed by atoms with Gasteiger partial charge in [0.2, 0.25) is 0 Å². The lowest BCUT2D eigenvalue weighted by Crippen LogP contribution is -2.27. The van der Waals surface area contributed by atoms with Gasteiger partial charge in [0.05, 0.1) is 0 Å². The summed E-state index contributed by atoms with van der Waals surface area (Å²) in [5.41, 5.74) is 4.83. The van der Waals surface area contributed by atoms with Gasteiger partial charge in [0.15, 0.2) is 0 Å². The molecule has 1 nitrogen and oxygen atoms in total. The highest BCUT2D eigenvalue weighted by molar-refractivity contribution is 7.75. The van der Waals surface area contributed by atoms with E-state index in [2.05, 4.69) is 72.9 Å². The van der Waals surface area contributed by atoms with Gasteiger partial charge in [0, 0.05) is 20.3 Å². The van der Waals surface area contributed by atoms with Gasteiger partial charge >= 0.3 is 0 Å². The van der Waals surface area contributed by atoms with Crippen molar-refractivity contribution in [2.24, 2.45) is 0 Å². The zero-order chi connectivity index (χ0) is 19.3. The molecule has 3 unspecified atom stereocenters. The molecule has 2 aliphatic heterocycles. The topological polar surface area (TPSA) is 3.24 Å². The Hall–Kier alpha value is -0.740. The summed E-state index contributed by atoms with van der Waals surface area (Å²) in [4.78, 5) is 0. The van der Waals surface area contributed by atoms with E-state index in [0.29, 0.717) is 0 Å². The quantitative estimate of drug-likeness (QED) is 0.446. The number of aryl methyl sites for hydroxylation is 1. The Labute approximate surface area is 174 Å². The first-order valence-electron chi connectivity index (χ1n) is 11.3. The van der Waals surface area contributed by atoms with Gasteiger partial charge in [0.25, 0.3) is 0 Å². The van der Waals surface area contributed by atoms with Crippen molar-refractivity contribution in [2.45, 2.75) is 70.1 Å². The zero-order valence-electron chi connectivity index (χ0n) is 17.6. The summed E-state index contributed by atoms with van der Waals surface area (Å²) in [5, 5.41) is 1.71. The van der Waals surface area contributed by atoms with Crippen LogP contribution in [0.1, 0.15) is 69.2 Å². The molecule has 1 fully saturated rings. The van der Waals surface area contributed by atoms with Crippen molar-refractivity contribution in [3.8, 4) is 0 Å². The van der Waals surface area contributed by atoms with Gasteiger partial charge in [0.1, 0.15) is 0 Å². The molecule has 3 heteroatoms. The molecule has 0 amide bonds. The molecular formula is C25H35NP2. The van der Waals surface area contributed by atoms with Crippen LogP contribution in [0.5, 0.6) is 0 Å². The van der Waals surface area contributed by atoms with E-state index in [1.54, 1.807) is 16.4 Å². The van der Waals surface area contributed by atoms with Crippen molar-refractivity contribution >= 4 is 21.4 Å². The van der Waals surface area contributed by atoms with Crippen molar-refractivity contribution in [3.63, 3.8) is 0 Å². The molecule has 0 aliphatic carbocycles. The maximum atomic E-state index is 3.09. The minimum Gasteiger partial charge on any atom is -0.255 e. The molecule has 2 heterocycles. The molecule has 0 aromatic heterocycles. The van der Waals surface area contributed by atoms with Gasteiger partial charge in [-0.3, -0.25) is 4.44 Å². The third kappa shape index (κ3) is 4.38. The molecule has 0 spiro atoms. The van der Waals surface area contributed by atoms with Gasteiger partial charge in [-0.05, 0) is 74.8 Å². The third-order valence-corrected chi connectivity index (χ3v) is 13.2. The van der Waals surface area contributed by atoms with E-state index < -0.39 is 0 Å². The fourth-order valence-electron chi connectivity index (χ4n) is 4.95. The Kier molecular flexibility index (Phi) is 7.22. The molecule has 1 saturated heterocycles. The van der Waals surface area contributed by atoms with Crippen LogP contribution in [0.4, 0.5) is 0 Å². The molecule has 150 valence electrons. The van der Waals surface area contributed by atoms with Crippen LogP contribution >= 0.6 is 16.1 Å². The van der Waals surface area contributed by atoms with E-state index in [9.17, 15) is 0 Å². The van der Waals surface area contributed by atoms with E-state index in [-0.39, 0.29) is 16.1 Å². The van der Waals surface area contributed by atoms with Crippen molar-refractivity contribution < 1.29 is 0 Å². The third-order valence-electron chi connectivity index (χ3n) is 6.39. The first-order chi connectivity index (χ1) is 13.8. The van der Waals surface area contributed by atoms with Crippen LogP contribution in [-0.4, -0.2) is 22.8 Å². The SMILES string of the molecule is CCCCN(P1c2ccccc2CCCC1C)P1CCC[C@H]1c1ccccc1. The highest BCUT2D eigenvalue weighted by Gasteiger charge is 2.39. The lowest BCUT2D eigenvalue weighted by molar-refractivity contribution is 0.620. The smallest absolute Gasteiger partial charge is 0.0177 e. The molecule has 0 bridgehead atoms. The van der Waals surface area contributed by atoms with Crippen molar-refractivity contribution in [3.05, 3.63) is 65.7 Å². The summed E-state index contributed by atoms with van der Waals surface area (Å²) in [5.74, 6) is 0. The predicted octanol–water partition coefficient (Wildman–Crippen LogP) is 7.47. The second-order valence-corrected chi connectivity index (χ2v) is 13.7. The number of fused-ring (bicyclic) bond motifs is 1. The van der Waals surface area contributed by atoms with Crippen molar-refractivity contribution in [1.29, 1.82) is 0 Å². The number of hydrogen-bond donors (Lipinski definition) is 0. The van der Waals surface area contributed by atoms with Gasteiger partial charge in [-0.1, -0.05) is 74.9 Å². The van der Waals surface area contributed by atoms with Gasteiger partial charge in [-0.25, -0.2) is 0 Å². The maximum Gasteiger partial charge on any atom is 0.0177 e. The molecule has 2 aliphatic rings. The van der Waals surface area contributed by atoms with Crippen LogP contribution in [0.25, 0.3) is 0 Å². The number of rotatable bonds is 6. The summed E-state index contributed by atoms with van der Waals surface area (Å²) in [6.07, 6.45) is 10.9. The Balaban J connectivity index is 1.71. The summed E-state index contributed by atoms with van der Waals surface area (Å²) in [6, 6.07) is 20.9. The average Bonchev–Trinajstić information content (AvgIpc) is 3.15. The Morgan fingerprint density at radius 2 is 1.75 bits per heavy atom. The van der Waals surface area contributed by atoms with Crippen LogP contribution in [0.15, 0.2) is 54.6 Å². The number of benzene rings is 2. The Bertz CT molecular complexity index is 747. The average molecular weight is 412 g/mol. The summed E-state index contributed by atoms with van der Waals surface area (Å²) < 4.78 is 3.09. The molecule has 0 radical (unpaired) electrons. The fourth-order valence-corrected chi connectivity index (χ4v) is 12.8. The summed E-state index contributed by atoms with van der Waals surface area (Å²) >= 11 is 0. The number of nitrogens with zero attached hydrogens (tertiary/aromatic N) is 1. The van der Waals surface area contributed by atoms with Crippen LogP contribution in [0, 0.1) is 0 Å². The van der Waals surface area contributed by atoms with Crippen molar-refractivity contribution in [2.75, 3.05) is 12.7 Å². The van der Waals surface area contributed by atoms with Gasteiger partial charge < -0.3 is 0 Å². The van der Waals surface area contributed by atoms with Gasteiger partial charge in [-0.15, -0.1) is 0 Å². The largest absolute Gasteiger partial charge is 0.255 e. The zero-order valence-corrected chi connectivity index (χ0v) is 19.3. The molecular weight excluding hydrogens is 376 g/mol. The predicted molar refractivity (Wildman–Crippen MR) is 127 cm³/mol. The standard InChI is InChI=1S/C25H35NP2/c1-3-4-19-26(27-20-11-18-24(27)22-13-6-5-7-14-22)28-21(2)12-10-16-23-15-8-9-17-25(23)28/h5-9,13-15,17,21,24H,3-4,10-12,16,18-20H2,1-2H3/t21?,24-,27?,28?/m0/s1. The highest BCUT2D eigenvalue weighted by Crippen LogP contribution is 2.69. The highest BCUT2D eigenvalue weighted by atomic mass is 31.2. The van der Waals surface area contributed by atoms with E-state index in [4.69, 9.17) is 0 Å². The first kappa shape index (κ1) is 20.5. The van der Waals surface area contributed by atoms with Crippen LogP contribution in [0.2, 0.25) is 0 Å². The molecule has 4 atom stereocenters. The molecule has 2 aromatic rings. The molecule has 4 rings (SSSR count). The molecule has 2 aromatic carbocycles. The lowest BCUT2D eigenvalue weighted by Gasteiger charge is -2.42. The van der Waals surface area contributed by atoms with E-state index in [1.165, 1.54) is 57.7 Å². The normalized spacial score (nSPS) is 27.5. The van der Waals surface area contributed by atoms with Crippen LogP contribution in [0.3, 0.4) is 0 Å². The molecule has 0 saturated carbocycles. The van der Waals surface area contributed by atoms with Crippen LogP contribution in [-0.2, 0) is 6.42 Å². The molecule has 0 N–H and O–H groups in total. The van der Waals surface area contributed by atoms with E-state index in [1.807, 2.05) is 0 Å². The first-order valence-corrected chi connectivity index (χ1v) is 14.2. The lowest BCUT2D eigenvalue weighted by atomic mass is 10.1. The summed E-state index contributed by atoms with van der Waals surface area (Å²) in [7, 11) is -0.300. The van der Waals surface area contributed by atoms with Gasteiger partial charge in [-0.2, -0.15) is 0 Å². The molecule has 28 heavy (non-hydrogen) atoms. The second-order valence-electron chi connectivity index (χ2n) is 8.40. The minimum absolute atomic E-state index is 0.0835. The van der Waals surface area contributed by atoms with Crippen LogP contribution < -0.4 is 5.30 Å². The Morgan fingerprint density at radius 3 is 2.57 bits per heavy atom. The number of unbranched alkanes of at least 4 members (excludes halogenated alkanes) is 1. The number of hydrogen-bond acceptors (Lipinski definition) is 1. The minimum atomic E-state index is -0.216. The fraction of sp³-hybridized carbons (Fsp3) is 0.520. The van der Waals surface area contributed by atoms with Crippen molar-refractivity contribution in [1.82, 2.24) is 4.44 Å². The maximum absolute atomic E-state index is 3.09. The van der Waals surface area contributed by atoms with E-state index in [0.717, 1.165) is 11.3 Å². The Morgan fingerprint density at radius 1 is 0.964 bits per heavy atom.